The van der Waals surface area contributed by atoms with Crippen molar-refractivity contribution in [1.29, 1.82) is 0 Å². The van der Waals surface area contributed by atoms with E-state index in [9.17, 15) is 4.79 Å². The van der Waals surface area contributed by atoms with E-state index in [1.54, 1.807) is 7.11 Å². The molecule has 80 valence electrons. The van der Waals surface area contributed by atoms with E-state index in [0.717, 1.165) is 18.4 Å². The molecule has 0 aromatic rings. The zero-order valence-electron chi connectivity index (χ0n) is 9.30. The van der Waals surface area contributed by atoms with Crippen LogP contribution in [0, 0.1) is 10.8 Å². The van der Waals surface area contributed by atoms with Gasteiger partial charge in [-0.15, -0.1) is 0 Å². The van der Waals surface area contributed by atoms with E-state index in [1.807, 2.05) is 6.08 Å². The van der Waals surface area contributed by atoms with Crippen LogP contribution in [0.15, 0.2) is 23.5 Å². The molecule has 0 aliphatic heterocycles. The Labute approximate surface area is 90.0 Å². The predicted molar refractivity (Wildman–Crippen MR) is 57.2 cm³/mol. The molecule has 0 unspecified atom stereocenters. The van der Waals surface area contributed by atoms with Crippen LogP contribution < -0.4 is 0 Å². The predicted octanol–water partition coefficient (Wildman–Crippen LogP) is 2.61. The summed E-state index contributed by atoms with van der Waals surface area (Å²) in [5.41, 5.74) is 1.57. The fraction of sp³-hybridized carbons (Fsp3) is 0.615. The summed E-state index contributed by atoms with van der Waals surface area (Å²) < 4.78 is 5.12. The third kappa shape index (κ3) is 0.842. The standard InChI is InChI=1S/C13H16O2/c1-12-5-3-9-11(14)10(15-2)4-6-13(9,12)8-7-12/h3-4H,5-8H2,1-2H3/t12-,13-/m1/s1. The van der Waals surface area contributed by atoms with Gasteiger partial charge in [0, 0.05) is 11.0 Å². The van der Waals surface area contributed by atoms with E-state index in [0.29, 0.717) is 11.2 Å². The van der Waals surface area contributed by atoms with Gasteiger partial charge in [0.15, 0.2) is 5.76 Å². The molecule has 0 radical (unpaired) electrons. The number of ether oxygens (including phenoxy) is 1. The number of hydrogen-bond donors (Lipinski definition) is 0. The summed E-state index contributed by atoms with van der Waals surface area (Å²) in [6.07, 6.45) is 8.64. The van der Waals surface area contributed by atoms with Crippen LogP contribution in [-0.4, -0.2) is 12.9 Å². The molecular formula is C13H16O2. The van der Waals surface area contributed by atoms with Gasteiger partial charge in [0.05, 0.1) is 7.11 Å². The van der Waals surface area contributed by atoms with Gasteiger partial charge in [-0.25, -0.2) is 0 Å². The molecule has 3 aliphatic carbocycles. The molecule has 1 saturated carbocycles. The Hall–Kier alpha value is -1.05. The molecule has 2 heteroatoms. The van der Waals surface area contributed by atoms with E-state index in [1.165, 1.54) is 12.8 Å². The van der Waals surface area contributed by atoms with Crippen LogP contribution in [0.2, 0.25) is 0 Å². The van der Waals surface area contributed by atoms with Gasteiger partial charge in [0.2, 0.25) is 5.78 Å². The van der Waals surface area contributed by atoms with Crippen LogP contribution in [0.4, 0.5) is 0 Å². The summed E-state index contributed by atoms with van der Waals surface area (Å²) in [7, 11) is 1.58. The molecule has 0 bridgehead atoms. The molecule has 0 heterocycles. The first-order valence-corrected chi connectivity index (χ1v) is 5.62. The molecule has 0 aromatic heterocycles. The maximum atomic E-state index is 12.1. The van der Waals surface area contributed by atoms with Gasteiger partial charge in [0.1, 0.15) is 0 Å². The minimum absolute atomic E-state index is 0.132. The highest BCUT2D eigenvalue weighted by molar-refractivity contribution is 6.09. The van der Waals surface area contributed by atoms with Crippen molar-refractivity contribution in [3.63, 3.8) is 0 Å². The highest BCUT2D eigenvalue weighted by Gasteiger charge is 2.62. The quantitative estimate of drug-likeness (QED) is 0.656. The molecule has 0 N–H and O–H groups in total. The molecule has 1 spiro atoms. The monoisotopic (exact) mass is 204 g/mol. The molecule has 2 nitrogen and oxygen atoms in total. The van der Waals surface area contributed by atoms with Crippen LogP contribution in [0.25, 0.3) is 0 Å². The Bertz CT molecular complexity index is 405. The van der Waals surface area contributed by atoms with Crippen LogP contribution >= 0.6 is 0 Å². The lowest BCUT2D eigenvalue weighted by atomic mass is 9.47. The van der Waals surface area contributed by atoms with Crippen LogP contribution in [0.1, 0.15) is 32.6 Å². The number of Topliss-reactive ketones (excluding diaryl/α,β-unsaturated/α-hetero) is 1. The summed E-state index contributed by atoms with van der Waals surface area (Å²) in [5, 5.41) is 0. The smallest absolute Gasteiger partial charge is 0.223 e. The van der Waals surface area contributed by atoms with Gasteiger partial charge in [-0.1, -0.05) is 13.0 Å². The SMILES string of the molecule is COC1=CC[C@]23CC[C@@]2(C)CC=C3C1=O. The number of hydrogen-bond acceptors (Lipinski definition) is 2. The number of rotatable bonds is 1. The number of carbonyl (C=O) groups excluding carboxylic acids is 1. The van der Waals surface area contributed by atoms with Gasteiger partial charge >= 0.3 is 0 Å². The van der Waals surface area contributed by atoms with Crippen molar-refractivity contribution in [2.45, 2.75) is 32.6 Å². The van der Waals surface area contributed by atoms with Crippen molar-refractivity contribution in [2.24, 2.45) is 10.8 Å². The number of allylic oxidation sites excluding steroid dienone is 3. The lowest BCUT2D eigenvalue weighted by molar-refractivity contribution is -0.120. The van der Waals surface area contributed by atoms with E-state index in [4.69, 9.17) is 4.74 Å². The second kappa shape index (κ2) is 2.55. The lowest BCUT2D eigenvalue weighted by Gasteiger charge is -2.56. The van der Waals surface area contributed by atoms with Gasteiger partial charge in [-0.3, -0.25) is 4.79 Å². The first-order chi connectivity index (χ1) is 7.13. The molecule has 0 aromatic carbocycles. The Morgan fingerprint density at radius 3 is 2.67 bits per heavy atom. The van der Waals surface area contributed by atoms with Gasteiger partial charge < -0.3 is 4.74 Å². The number of carbonyl (C=O) groups is 1. The van der Waals surface area contributed by atoms with Gasteiger partial charge in [0.25, 0.3) is 0 Å². The maximum Gasteiger partial charge on any atom is 0.223 e. The Morgan fingerprint density at radius 1 is 1.27 bits per heavy atom. The van der Waals surface area contributed by atoms with E-state index < -0.39 is 0 Å². The number of methoxy groups -OCH3 is 1. The summed E-state index contributed by atoms with van der Waals surface area (Å²) in [5.74, 6) is 0.676. The van der Waals surface area contributed by atoms with Gasteiger partial charge in [-0.05, 0) is 37.2 Å². The largest absolute Gasteiger partial charge is 0.493 e. The molecule has 3 aliphatic rings. The molecule has 1 fully saturated rings. The first kappa shape index (κ1) is 9.20. The molecular weight excluding hydrogens is 188 g/mol. The highest BCUT2D eigenvalue weighted by atomic mass is 16.5. The molecule has 2 atom stereocenters. The third-order valence-corrected chi connectivity index (χ3v) is 4.86. The average Bonchev–Trinajstić information content (AvgIpc) is 2.42. The van der Waals surface area contributed by atoms with E-state index >= 15 is 0 Å². The van der Waals surface area contributed by atoms with E-state index in [2.05, 4.69) is 13.0 Å². The van der Waals surface area contributed by atoms with Crippen molar-refractivity contribution in [3.8, 4) is 0 Å². The minimum Gasteiger partial charge on any atom is -0.493 e. The minimum atomic E-state index is 0.132. The molecule has 3 rings (SSSR count). The van der Waals surface area contributed by atoms with Crippen molar-refractivity contribution in [2.75, 3.05) is 7.11 Å². The molecule has 0 amide bonds. The Morgan fingerprint density at radius 2 is 2.07 bits per heavy atom. The van der Waals surface area contributed by atoms with Crippen LogP contribution in [-0.2, 0) is 9.53 Å². The zero-order chi connectivity index (χ0) is 10.7. The van der Waals surface area contributed by atoms with Gasteiger partial charge in [-0.2, -0.15) is 0 Å². The summed E-state index contributed by atoms with van der Waals surface area (Å²) in [6, 6.07) is 0. The van der Waals surface area contributed by atoms with Crippen molar-refractivity contribution in [1.82, 2.24) is 0 Å². The van der Waals surface area contributed by atoms with Crippen molar-refractivity contribution >= 4 is 5.78 Å². The summed E-state index contributed by atoms with van der Waals surface area (Å²) in [6.45, 7) is 2.32. The normalized spacial score (nSPS) is 42.4. The lowest BCUT2D eigenvalue weighted by Crippen LogP contribution is -2.49. The molecule has 0 saturated heterocycles. The average molecular weight is 204 g/mol. The Kier molecular flexibility index (Phi) is 1.56. The first-order valence-electron chi connectivity index (χ1n) is 5.62. The van der Waals surface area contributed by atoms with Crippen LogP contribution in [0.5, 0.6) is 0 Å². The summed E-state index contributed by atoms with van der Waals surface area (Å²) in [4.78, 5) is 12.1. The maximum absolute atomic E-state index is 12.1. The molecule has 15 heavy (non-hydrogen) atoms. The highest BCUT2D eigenvalue weighted by Crippen LogP contribution is 2.69. The summed E-state index contributed by atoms with van der Waals surface area (Å²) >= 11 is 0. The van der Waals surface area contributed by atoms with E-state index in [-0.39, 0.29) is 11.2 Å². The van der Waals surface area contributed by atoms with Crippen LogP contribution in [0.3, 0.4) is 0 Å². The second-order valence-electron chi connectivity index (χ2n) is 5.27. The van der Waals surface area contributed by atoms with Crippen molar-refractivity contribution in [3.05, 3.63) is 23.5 Å². The topological polar surface area (TPSA) is 26.3 Å². The number of ketones is 1. The fourth-order valence-electron chi connectivity index (χ4n) is 3.57. The second-order valence-corrected chi connectivity index (χ2v) is 5.27. The fourth-order valence-corrected chi connectivity index (χ4v) is 3.57. The Balaban J connectivity index is 2.07. The third-order valence-electron chi connectivity index (χ3n) is 4.86. The van der Waals surface area contributed by atoms with Crippen molar-refractivity contribution < 1.29 is 9.53 Å². The zero-order valence-corrected chi connectivity index (χ0v) is 9.30.